The van der Waals surface area contributed by atoms with Crippen LogP contribution in [0, 0.1) is 5.92 Å². The average molecular weight is 228 g/mol. The molecule has 0 spiro atoms. The smallest absolute Gasteiger partial charge is 0.305 e. The summed E-state index contributed by atoms with van der Waals surface area (Å²) in [5.41, 5.74) is 0. The fourth-order valence-electron chi connectivity index (χ4n) is 1.65. The predicted molar refractivity (Wildman–Crippen MR) is 68.4 cm³/mol. The van der Waals surface area contributed by atoms with Crippen LogP contribution in [-0.4, -0.2) is 12.6 Å². The van der Waals surface area contributed by atoms with E-state index in [4.69, 9.17) is 4.74 Å². The fourth-order valence-corrected chi connectivity index (χ4v) is 1.65. The number of carbonyl (C=O) groups excluding carboxylic acids is 1. The minimum absolute atomic E-state index is 0.0178. The van der Waals surface area contributed by atoms with Gasteiger partial charge in [-0.15, -0.1) is 0 Å². The summed E-state index contributed by atoms with van der Waals surface area (Å²) in [6.07, 6.45) is 8.82. The maximum absolute atomic E-state index is 11.3. The lowest BCUT2D eigenvalue weighted by atomic mass is 10.0. The summed E-state index contributed by atoms with van der Waals surface area (Å²) in [5, 5.41) is 0. The lowest BCUT2D eigenvalue weighted by Gasteiger charge is -2.11. The van der Waals surface area contributed by atoms with Gasteiger partial charge in [0.05, 0.1) is 6.61 Å². The molecule has 0 radical (unpaired) electrons. The quantitative estimate of drug-likeness (QED) is 0.411. The van der Waals surface area contributed by atoms with Crippen molar-refractivity contribution in [3.05, 3.63) is 0 Å². The molecule has 16 heavy (non-hydrogen) atoms. The van der Waals surface area contributed by atoms with Gasteiger partial charge < -0.3 is 4.74 Å². The minimum Gasteiger partial charge on any atom is -0.465 e. The maximum atomic E-state index is 11.3. The summed E-state index contributed by atoms with van der Waals surface area (Å²) in [4.78, 5) is 11.3. The van der Waals surface area contributed by atoms with Crippen molar-refractivity contribution in [1.29, 1.82) is 0 Å². The van der Waals surface area contributed by atoms with Crippen molar-refractivity contribution in [3.8, 4) is 0 Å². The van der Waals surface area contributed by atoms with Gasteiger partial charge in [-0.2, -0.15) is 0 Å². The Morgan fingerprint density at radius 1 is 1.06 bits per heavy atom. The van der Waals surface area contributed by atoms with Gasteiger partial charge in [0.2, 0.25) is 0 Å². The molecule has 2 heteroatoms. The first-order valence-electron chi connectivity index (χ1n) is 6.86. The van der Waals surface area contributed by atoms with E-state index in [1.165, 1.54) is 25.7 Å². The molecule has 0 aromatic carbocycles. The molecule has 0 N–H and O–H groups in total. The van der Waals surface area contributed by atoms with Crippen LogP contribution in [0.15, 0.2) is 0 Å². The molecule has 2 nitrogen and oxygen atoms in total. The number of ether oxygens (including phenoxy) is 1. The number of esters is 1. The van der Waals surface area contributed by atoms with E-state index in [9.17, 15) is 4.79 Å². The van der Waals surface area contributed by atoms with Crippen molar-refractivity contribution < 1.29 is 9.53 Å². The van der Waals surface area contributed by atoms with E-state index in [1.54, 1.807) is 0 Å². The highest BCUT2D eigenvalue weighted by molar-refractivity contribution is 5.69. The van der Waals surface area contributed by atoms with Crippen LogP contribution in [0.4, 0.5) is 0 Å². The zero-order valence-corrected chi connectivity index (χ0v) is 11.3. The largest absolute Gasteiger partial charge is 0.465 e. The van der Waals surface area contributed by atoms with Crippen LogP contribution in [0.3, 0.4) is 0 Å². The van der Waals surface area contributed by atoms with Gasteiger partial charge in [0.1, 0.15) is 0 Å². The molecule has 1 atom stereocenters. The van der Waals surface area contributed by atoms with Crippen molar-refractivity contribution >= 4 is 5.97 Å². The molecule has 0 aliphatic carbocycles. The number of carbonyl (C=O) groups is 1. The first-order chi connectivity index (χ1) is 7.70. The molecule has 0 saturated carbocycles. The van der Waals surface area contributed by atoms with Gasteiger partial charge in [0, 0.05) is 6.42 Å². The Balaban J connectivity index is 3.36. The Morgan fingerprint density at radius 3 is 2.31 bits per heavy atom. The van der Waals surface area contributed by atoms with Crippen LogP contribution in [0.25, 0.3) is 0 Å². The topological polar surface area (TPSA) is 26.3 Å². The third-order valence-corrected chi connectivity index (χ3v) is 2.81. The van der Waals surface area contributed by atoms with E-state index in [1.807, 2.05) is 0 Å². The monoisotopic (exact) mass is 228 g/mol. The van der Waals surface area contributed by atoms with Gasteiger partial charge >= 0.3 is 5.97 Å². The molecule has 0 fully saturated rings. The molecular formula is C14H28O2. The Hall–Kier alpha value is -0.530. The Kier molecular flexibility index (Phi) is 10.6. The summed E-state index contributed by atoms with van der Waals surface area (Å²) < 4.78 is 5.24. The van der Waals surface area contributed by atoms with Crippen LogP contribution in [-0.2, 0) is 9.53 Å². The van der Waals surface area contributed by atoms with Crippen LogP contribution in [0.5, 0.6) is 0 Å². The van der Waals surface area contributed by atoms with E-state index in [0.29, 0.717) is 18.9 Å². The molecule has 96 valence electrons. The van der Waals surface area contributed by atoms with Crippen molar-refractivity contribution in [2.45, 2.75) is 72.1 Å². The van der Waals surface area contributed by atoms with Crippen molar-refractivity contribution in [2.24, 2.45) is 5.92 Å². The van der Waals surface area contributed by atoms with Gasteiger partial charge in [-0.3, -0.25) is 4.79 Å². The Labute approximate surface area is 101 Å². The van der Waals surface area contributed by atoms with Crippen LogP contribution in [0.1, 0.15) is 72.1 Å². The van der Waals surface area contributed by atoms with E-state index in [0.717, 1.165) is 19.3 Å². The molecule has 1 unspecified atom stereocenters. The first-order valence-corrected chi connectivity index (χ1v) is 6.86. The van der Waals surface area contributed by atoms with Crippen molar-refractivity contribution in [1.82, 2.24) is 0 Å². The number of hydrogen-bond acceptors (Lipinski definition) is 2. The van der Waals surface area contributed by atoms with Gasteiger partial charge in [-0.1, -0.05) is 52.9 Å². The molecular weight excluding hydrogens is 200 g/mol. The minimum atomic E-state index is -0.0178. The van der Waals surface area contributed by atoms with E-state index >= 15 is 0 Å². The van der Waals surface area contributed by atoms with E-state index in [2.05, 4.69) is 20.8 Å². The zero-order valence-electron chi connectivity index (χ0n) is 11.3. The van der Waals surface area contributed by atoms with Crippen molar-refractivity contribution in [3.63, 3.8) is 0 Å². The van der Waals surface area contributed by atoms with Gasteiger partial charge in [0.25, 0.3) is 0 Å². The second-order valence-corrected chi connectivity index (χ2v) is 4.74. The van der Waals surface area contributed by atoms with E-state index < -0.39 is 0 Å². The summed E-state index contributed by atoms with van der Waals surface area (Å²) in [6.45, 7) is 7.11. The van der Waals surface area contributed by atoms with Crippen LogP contribution in [0.2, 0.25) is 0 Å². The Bertz CT molecular complexity index is 166. The lowest BCUT2D eigenvalue weighted by Crippen LogP contribution is -2.11. The first kappa shape index (κ1) is 15.5. The van der Waals surface area contributed by atoms with Crippen LogP contribution < -0.4 is 0 Å². The molecule has 0 heterocycles. The number of unbranched alkanes of at least 4 members (excludes halogenated alkanes) is 4. The molecule has 0 aliphatic rings. The van der Waals surface area contributed by atoms with Gasteiger partial charge in [-0.05, 0) is 18.8 Å². The summed E-state index contributed by atoms with van der Waals surface area (Å²) >= 11 is 0. The van der Waals surface area contributed by atoms with Crippen molar-refractivity contribution in [2.75, 3.05) is 6.61 Å². The summed E-state index contributed by atoms with van der Waals surface area (Å²) in [5.74, 6) is 0.498. The van der Waals surface area contributed by atoms with Crippen LogP contribution >= 0.6 is 0 Å². The fraction of sp³-hybridized carbons (Fsp3) is 0.929. The lowest BCUT2D eigenvalue weighted by molar-refractivity contribution is -0.145. The van der Waals surface area contributed by atoms with E-state index in [-0.39, 0.29) is 5.97 Å². The molecule has 0 aromatic rings. The highest BCUT2D eigenvalue weighted by Crippen LogP contribution is 2.10. The molecule has 0 amide bonds. The second-order valence-electron chi connectivity index (χ2n) is 4.74. The third kappa shape index (κ3) is 10.0. The maximum Gasteiger partial charge on any atom is 0.305 e. The second kappa shape index (κ2) is 11.0. The van der Waals surface area contributed by atoms with Gasteiger partial charge in [0.15, 0.2) is 0 Å². The Morgan fingerprint density at radius 2 is 1.69 bits per heavy atom. The summed E-state index contributed by atoms with van der Waals surface area (Å²) in [6, 6.07) is 0. The molecule has 0 bridgehead atoms. The highest BCUT2D eigenvalue weighted by atomic mass is 16.5. The zero-order chi connectivity index (χ0) is 12.2. The number of rotatable bonds is 10. The summed E-state index contributed by atoms with van der Waals surface area (Å²) in [7, 11) is 0. The third-order valence-electron chi connectivity index (χ3n) is 2.81. The highest BCUT2D eigenvalue weighted by Gasteiger charge is 2.06. The molecule has 0 aliphatic heterocycles. The average Bonchev–Trinajstić information content (AvgIpc) is 2.27. The standard InChI is InChI=1S/C14H28O2/c1-4-6-8-10-13(3)12-16-14(15)11-9-7-5-2/h13H,4-12H2,1-3H3. The van der Waals surface area contributed by atoms with Gasteiger partial charge in [-0.25, -0.2) is 0 Å². The normalized spacial score (nSPS) is 12.4. The SMILES string of the molecule is CCCCCC(=O)OCC(C)CCCCC. The predicted octanol–water partition coefficient (Wildman–Crippen LogP) is 4.33. The molecule has 0 saturated heterocycles. The molecule has 0 rings (SSSR count). The molecule has 0 aromatic heterocycles. The number of hydrogen-bond donors (Lipinski definition) is 0.